The van der Waals surface area contributed by atoms with Crippen LogP contribution < -0.4 is 5.32 Å². The van der Waals surface area contributed by atoms with E-state index in [1.807, 2.05) is 0 Å². The number of rotatable bonds is 3. The van der Waals surface area contributed by atoms with Crippen LogP contribution in [0.1, 0.15) is 13.8 Å². The van der Waals surface area contributed by atoms with Gasteiger partial charge in [0.15, 0.2) is 0 Å². The van der Waals surface area contributed by atoms with Crippen LogP contribution in [0, 0.1) is 17.8 Å². The van der Waals surface area contributed by atoms with Gasteiger partial charge in [-0.1, -0.05) is 5.92 Å². The number of carbonyl (C=O) groups is 1. The third-order valence-corrected chi connectivity index (χ3v) is 1.97. The highest BCUT2D eigenvalue weighted by molar-refractivity contribution is 6.19. The van der Waals surface area contributed by atoms with Crippen LogP contribution >= 0.6 is 11.6 Å². The minimum atomic E-state index is -0.529. The van der Waals surface area contributed by atoms with Crippen LogP contribution in [0.4, 0.5) is 0 Å². The predicted molar refractivity (Wildman–Crippen MR) is 46.3 cm³/mol. The molecule has 0 atom stereocenters. The Kier molecular flexibility index (Phi) is 3.99. The summed E-state index contributed by atoms with van der Waals surface area (Å²) in [5, 5.41) is 2.56. The lowest BCUT2D eigenvalue weighted by Gasteiger charge is -2.19. The van der Waals surface area contributed by atoms with E-state index in [4.69, 9.17) is 18.0 Å². The molecule has 0 radical (unpaired) electrons. The number of halogens is 1. The number of carbonyl (C=O) groups excluding carboxylic acids is 1. The molecule has 0 spiro atoms. The van der Waals surface area contributed by atoms with Crippen molar-refractivity contribution in [3.05, 3.63) is 0 Å². The Labute approximate surface area is 72.3 Å². The van der Waals surface area contributed by atoms with Gasteiger partial charge in [-0.25, -0.2) is 0 Å². The molecule has 0 aromatic heterocycles. The molecule has 3 heteroatoms. The summed E-state index contributed by atoms with van der Waals surface area (Å²) >= 11 is 5.55. The zero-order valence-corrected chi connectivity index (χ0v) is 7.53. The van der Waals surface area contributed by atoms with Crippen molar-refractivity contribution in [1.82, 2.24) is 5.32 Å². The molecule has 1 amide bonds. The largest absolute Gasteiger partial charge is 0.345 e. The maximum atomic E-state index is 11.2. The average molecular weight is 174 g/mol. The summed E-state index contributed by atoms with van der Waals surface area (Å²) in [4.78, 5) is 11.2. The van der Waals surface area contributed by atoms with E-state index in [9.17, 15) is 4.79 Å². The summed E-state index contributed by atoms with van der Waals surface area (Å²) < 4.78 is 0. The summed E-state index contributed by atoms with van der Waals surface area (Å²) in [6.45, 7) is 3.80. The van der Waals surface area contributed by atoms with Crippen molar-refractivity contribution < 1.29 is 4.79 Å². The van der Waals surface area contributed by atoms with Gasteiger partial charge >= 0.3 is 0 Å². The normalized spacial score (nSPS) is 10.4. The van der Waals surface area contributed by atoms with Gasteiger partial charge in [0.1, 0.15) is 0 Å². The summed E-state index contributed by atoms with van der Waals surface area (Å²) in [5.74, 6) is 2.51. The van der Waals surface area contributed by atoms with Crippen LogP contribution in [0.15, 0.2) is 0 Å². The zero-order valence-electron chi connectivity index (χ0n) is 6.78. The topological polar surface area (TPSA) is 29.1 Å². The van der Waals surface area contributed by atoms with E-state index >= 15 is 0 Å². The second kappa shape index (κ2) is 4.25. The fourth-order valence-corrected chi connectivity index (χ4v) is 0.553. The van der Waals surface area contributed by atoms with Gasteiger partial charge in [-0.05, 0) is 13.8 Å². The third kappa shape index (κ3) is 3.29. The number of terminal acetylenes is 1. The van der Waals surface area contributed by atoms with Crippen LogP contribution in [0.5, 0.6) is 0 Å². The van der Waals surface area contributed by atoms with E-state index in [2.05, 4.69) is 11.2 Å². The number of alkyl halides is 1. The van der Waals surface area contributed by atoms with Crippen LogP contribution in [0.3, 0.4) is 0 Å². The van der Waals surface area contributed by atoms with Gasteiger partial charge in [-0.2, -0.15) is 0 Å². The van der Waals surface area contributed by atoms with Crippen molar-refractivity contribution in [2.24, 2.45) is 5.41 Å². The smallest absolute Gasteiger partial charge is 0.227 e. The molecule has 0 heterocycles. The van der Waals surface area contributed by atoms with Gasteiger partial charge in [0.25, 0.3) is 0 Å². The Hall–Kier alpha value is -0.680. The maximum absolute atomic E-state index is 11.2. The minimum absolute atomic E-state index is 0.106. The standard InChI is InChI=1S/C8H12ClNO/c1-4-5-10-7(11)8(2,3)6-9/h1H,5-6H2,2-3H3,(H,10,11). The first-order valence-corrected chi connectivity index (χ1v) is 3.86. The predicted octanol–water partition coefficient (Wildman–Crippen LogP) is 1.00. The molecule has 0 unspecified atom stereocenters. The van der Waals surface area contributed by atoms with E-state index < -0.39 is 5.41 Å². The van der Waals surface area contributed by atoms with Crippen molar-refractivity contribution in [3.63, 3.8) is 0 Å². The molecular formula is C8H12ClNO. The SMILES string of the molecule is C#CCNC(=O)C(C)(C)CCl. The summed E-state index contributed by atoms with van der Waals surface area (Å²) in [5.41, 5.74) is -0.529. The molecule has 0 saturated heterocycles. The fraction of sp³-hybridized carbons (Fsp3) is 0.625. The first-order valence-electron chi connectivity index (χ1n) is 3.32. The molecular weight excluding hydrogens is 162 g/mol. The molecule has 0 aliphatic carbocycles. The number of hydrogen-bond donors (Lipinski definition) is 1. The summed E-state index contributed by atoms with van der Waals surface area (Å²) in [6.07, 6.45) is 4.96. The fourth-order valence-electron chi connectivity index (χ4n) is 0.431. The van der Waals surface area contributed by atoms with Crippen molar-refractivity contribution in [2.45, 2.75) is 13.8 Å². The molecule has 0 aliphatic rings. The van der Waals surface area contributed by atoms with E-state index in [-0.39, 0.29) is 12.5 Å². The van der Waals surface area contributed by atoms with Gasteiger partial charge in [0.05, 0.1) is 12.0 Å². The Bertz CT molecular complexity index is 181. The number of amides is 1. The second-order valence-corrected chi connectivity index (χ2v) is 3.17. The monoisotopic (exact) mass is 173 g/mol. The second-order valence-electron chi connectivity index (χ2n) is 2.90. The molecule has 0 bridgehead atoms. The molecule has 0 saturated carbocycles. The molecule has 0 fully saturated rings. The Morgan fingerprint density at radius 1 is 1.73 bits per heavy atom. The van der Waals surface area contributed by atoms with E-state index in [1.165, 1.54) is 0 Å². The van der Waals surface area contributed by atoms with E-state index in [0.717, 1.165) is 0 Å². The van der Waals surface area contributed by atoms with Crippen molar-refractivity contribution in [3.8, 4) is 12.3 Å². The molecule has 62 valence electrons. The van der Waals surface area contributed by atoms with Crippen LogP contribution in [-0.4, -0.2) is 18.3 Å². The minimum Gasteiger partial charge on any atom is -0.345 e. The van der Waals surface area contributed by atoms with Gasteiger partial charge in [-0.3, -0.25) is 4.79 Å². The van der Waals surface area contributed by atoms with Crippen LogP contribution in [-0.2, 0) is 4.79 Å². The highest BCUT2D eigenvalue weighted by atomic mass is 35.5. The highest BCUT2D eigenvalue weighted by Gasteiger charge is 2.25. The Morgan fingerprint density at radius 2 is 2.27 bits per heavy atom. The van der Waals surface area contributed by atoms with Gasteiger partial charge in [0.2, 0.25) is 5.91 Å². The molecule has 0 aromatic rings. The Balaban J connectivity index is 3.94. The number of hydrogen-bond acceptors (Lipinski definition) is 1. The van der Waals surface area contributed by atoms with Crippen LogP contribution in [0.25, 0.3) is 0 Å². The van der Waals surface area contributed by atoms with Crippen molar-refractivity contribution >= 4 is 17.5 Å². The molecule has 0 rings (SSSR count). The lowest BCUT2D eigenvalue weighted by molar-refractivity contribution is -0.128. The summed E-state index contributed by atoms with van der Waals surface area (Å²) in [7, 11) is 0. The third-order valence-electron chi connectivity index (χ3n) is 1.30. The summed E-state index contributed by atoms with van der Waals surface area (Å²) in [6, 6.07) is 0. The quantitative estimate of drug-likeness (QED) is 0.501. The van der Waals surface area contributed by atoms with Crippen molar-refractivity contribution in [2.75, 3.05) is 12.4 Å². The van der Waals surface area contributed by atoms with Crippen LogP contribution in [0.2, 0.25) is 0 Å². The molecule has 1 N–H and O–H groups in total. The molecule has 2 nitrogen and oxygen atoms in total. The number of nitrogens with one attached hydrogen (secondary N) is 1. The van der Waals surface area contributed by atoms with Gasteiger partial charge in [-0.15, -0.1) is 18.0 Å². The van der Waals surface area contributed by atoms with Gasteiger partial charge in [0, 0.05) is 5.88 Å². The first kappa shape index (κ1) is 10.3. The molecule has 0 aliphatic heterocycles. The lowest BCUT2D eigenvalue weighted by atomic mass is 9.95. The van der Waals surface area contributed by atoms with Gasteiger partial charge < -0.3 is 5.32 Å². The first-order chi connectivity index (χ1) is 5.04. The average Bonchev–Trinajstić information content (AvgIpc) is 2.00. The van der Waals surface area contributed by atoms with E-state index in [0.29, 0.717) is 5.88 Å². The van der Waals surface area contributed by atoms with Crippen molar-refractivity contribution in [1.29, 1.82) is 0 Å². The maximum Gasteiger partial charge on any atom is 0.227 e. The Morgan fingerprint density at radius 3 is 2.64 bits per heavy atom. The van der Waals surface area contributed by atoms with E-state index in [1.54, 1.807) is 13.8 Å². The zero-order chi connectivity index (χ0) is 8.91. The molecule has 11 heavy (non-hydrogen) atoms. The lowest BCUT2D eigenvalue weighted by Crippen LogP contribution is -2.38. The highest BCUT2D eigenvalue weighted by Crippen LogP contribution is 2.16. The molecule has 0 aromatic carbocycles.